The van der Waals surface area contributed by atoms with Crippen molar-refractivity contribution in [3.05, 3.63) is 65.9 Å². The fourth-order valence-electron chi connectivity index (χ4n) is 2.55. The van der Waals surface area contributed by atoms with Gasteiger partial charge in [-0.15, -0.1) is 0 Å². The number of aromatic nitrogens is 3. The van der Waals surface area contributed by atoms with Crippen LogP contribution in [0.15, 0.2) is 54.5 Å². The Hall–Kier alpha value is -2.96. The Bertz CT molecular complexity index is 797. The molecule has 0 unspecified atom stereocenters. The summed E-state index contributed by atoms with van der Waals surface area (Å²) < 4.78 is 20.3. The van der Waals surface area contributed by atoms with Crippen LogP contribution in [-0.4, -0.2) is 27.3 Å². The van der Waals surface area contributed by atoms with E-state index in [-0.39, 0.29) is 12.4 Å². The lowest BCUT2D eigenvalue weighted by Gasteiger charge is -2.28. The van der Waals surface area contributed by atoms with E-state index >= 15 is 0 Å². The largest absolute Gasteiger partial charge is 0.458 e. The van der Waals surface area contributed by atoms with Crippen LogP contribution in [0.1, 0.15) is 18.5 Å². The first-order chi connectivity index (χ1) is 11.1. The molecule has 6 nitrogen and oxygen atoms in total. The van der Waals surface area contributed by atoms with E-state index in [1.54, 1.807) is 19.1 Å². The molecule has 1 aliphatic rings. The highest BCUT2D eigenvalue weighted by atomic mass is 19.1. The second-order valence-corrected chi connectivity index (χ2v) is 5.04. The number of nitrogens with one attached hydrogen (secondary N) is 1. The SMILES string of the molecule is C=CCOC(=O)C1=C(C)Nc2ncnn2[C@@H]1c1cccc(F)c1. The molecule has 1 N–H and O–H groups in total. The smallest absolute Gasteiger partial charge is 0.338 e. The minimum Gasteiger partial charge on any atom is -0.458 e. The van der Waals surface area contributed by atoms with Gasteiger partial charge in [0, 0.05) is 5.70 Å². The molecule has 0 radical (unpaired) electrons. The molecule has 1 aromatic heterocycles. The molecule has 2 heterocycles. The molecule has 23 heavy (non-hydrogen) atoms. The third-order valence-electron chi connectivity index (χ3n) is 3.51. The van der Waals surface area contributed by atoms with Gasteiger partial charge in [0.1, 0.15) is 24.8 Å². The minimum absolute atomic E-state index is 0.0930. The Kier molecular flexibility index (Phi) is 3.92. The molecule has 0 amide bonds. The molecule has 0 fully saturated rings. The van der Waals surface area contributed by atoms with E-state index in [9.17, 15) is 9.18 Å². The van der Waals surface area contributed by atoms with Gasteiger partial charge in [-0.3, -0.25) is 0 Å². The lowest BCUT2D eigenvalue weighted by Crippen LogP contribution is -2.29. The predicted octanol–water partition coefficient (Wildman–Crippen LogP) is 2.44. The van der Waals surface area contributed by atoms with Gasteiger partial charge in [-0.1, -0.05) is 24.8 Å². The van der Waals surface area contributed by atoms with Crippen LogP contribution in [0.2, 0.25) is 0 Å². The summed E-state index contributed by atoms with van der Waals surface area (Å²) in [5.41, 5.74) is 1.53. The van der Waals surface area contributed by atoms with Crippen molar-refractivity contribution in [1.29, 1.82) is 0 Å². The third-order valence-corrected chi connectivity index (χ3v) is 3.51. The lowest BCUT2D eigenvalue weighted by atomic mass is 9.96. The first kappa shape index (κ1) is 15.0. The molecule has 0 saturated carbocycles. The summed E-state index contributed by atoms with van der Waals surface area (Å²) in [4.78, 5) is 16.6. The number of rotatable bonds is 4. The summed E-state index contributed by atoms with van der Waals surface area (Å²) in [5, 5.41) is 7.16. The summed E-state index contributed by atoms with van der Waals surface area (Å²) in [6, 6.07) is 5.43. The van der Waals surface area contributed by atoms with Gasteiger partial charge in [0.15, 0.2) is 0 Å². The van der Waals surface area contributed by atoms with E-state index in [4.69, 9.17) is 4.74 Å². The van der Waals surface area contributed by atoms with E-state index in [0.717, 1.165) is 0 Å². The van der Waals surface area contributed by atoms with Crippen LogP contribution in [0.25, 0.3) is 0 Å². The Morgan fingerprint density at radius 3 is 3.13 bits per heavy atom. The van der Waals surface area contributed by atoms with E-state index < -0.39 is 12.0 Å². The maximum Gasteiger partial charge on any atom is 0.338 e. The van der Waals surface area contributed by atoms with Crippen molar-refractivity contribution < 1.29 is 13.9 Å². The highest BCUT2D eigenvalue weighted by Gasteiger charge is 2.34. The summed E-state index contributed by atoms with van der Waals surface area (Å²) in [6.07, 6.45) is 2.86. The number of halogens is 1. The van der Waals surface area contributed by atoms with E-state index in [1.807, 2.05) is 0 Å². The van der Waals surface area contributed by atoms with Crippen LogP contribution in [0.4, 0.5) is 10.3 Å². The van der Waals surface area contributed by atoms with Crippen LogP contribution >= 0.6 is 0 Å². The molecular formula is C16H15FN4O2. The molecule has 0 saturated heterocycles. The second-order valence-electron chi connectivity index (χ2n) is 5.04. The fraction of sp³-hybridized carbons (Fsp3) is 0.188. The summed E-state index contributed by atoms with van der Waals surface area (Å²) in [5.74, 6) is -0.415. The number of hydrogen-bond donors (Lipinski definition) is 1. The van der Waals surface area contributed by atoms with Crippen LogP contribution in [0.5, 0.6) is 0 Å². The van der Waals surface area contributed by atoms with Crippen molar-refractivity contribution in [2.75, 3.05) is 11.9 Å². The number of anilines is 1. The van der Waals surface area contributed by atoms with Gasteiger partial charge in [0.2, 0.25) is 5.95 Å². The number of esters is 1. The van der Waals surface area contributed by atoms with Gasteiger partial charge in [-0.25, -0.2) is 13.9 Å². The Balaban J connectivity index is 2.10. The number of carbonyl (C=O) groups excluding carboxylic acids is 1. The standard InChI is InChI=1S/C16H15FN4O2/c1-3-7-23-15(22)13-10(2)20-16-18-9-19-21(16)14(13)11-5-4-6-12(17)8-11/h3-6,8-9,14H,1,7H2,2H3,(H,18,19,20)/t14-/m1/s1. The van der Waals surface area contributed by atoms with Gasteiger partial charge >= 0.3 is 5.97 Å². The number of nitrogens with zero attached hydrogens (tertiary/aromatic N) is 3. The highest BCUT2D eigenvalue weighted by Crippen LogP contribution is 2.35. The first-order valence-corrected chi connectivity index (χ1v) is 7.02. The number of carbonyl (C=O) groups is 1. The Morgan fingerprint density at radius 1 is 1.57 bits per heavy atom. The molecule has 1 aromatic carbocycles. The highest BCUT2D eigenvalue weighted by molar-refractivity contribution is 5.92. The predicted molar refractivity (Wildman–Crippen MR) is 82.0 cm³/mol. The summed E-state index contributed by atoms with van der Waals surface area (Å²) in [6.45, 7) is 5.37. The van der Waals surface area contributed by atoms with Crippen LogP contribution < -0.4 is 5.32 Å². The molecule has 1 atom stereocenters. The number of benzene rings is 1. The number of allylic oxidation sites excluding steroid dienone is 1. The third kappa shape index (κ3) is 2.73. The van der Waals surface area contributed by atoms with E-state index in [1.165, 1.54) is 29.2 Å². The van der Waals surface area contributed by atoms with Crippen LogP contribution in [0, 0.1) is 5.82 Å². The number of ether oxygens (including phenoxy) is 1. The molecule has 2 aromatic rings. The van der Waals surface area contributed by atoms with Gasteiger partial charge in [0.05, 0.1) is 5.57 Å². The molecule has 7 heteroatoms. The zero-order valence-electron chi connectivity index (χ0n) is 12.5. The maximum absolute atomic E-state index is 13.6. The van der Waals surface area contributed by atoms with Crippen LogP contribution in [-0.2, 0) is 9.53 Å². The zero-order valence-corrected chi connectivity index (χ0v) is 12.5. The normalized spacial score (nSPS) is 16.5. The van der Waals surface area contributed by atoms with Crippen molar-refractivity contribution >= 4 is 11.9 Å². The lowest BCUT2D eigenvalue weighted by molar-refractivity contribution is -0.138. The Labute approximate surface area is 132 Å². The van der Waals surface area contributed by atoms with Gasteiger partial charge in [-0.2, -0.15) is 10.1 Å². The number of fused-ring (bicyclic) bond motifs is 1. The molecule has 3 rings (SSSR count). The topological polar surface area (TPSA) is 69.0 Å². The second kappa shape index (κ2) is 6.04. The first-order valence-electron chi connectivity index (χ1n) is 7.02. The van der Waals surface area contributed by atoms with Crippen molar-refractivity contribution in [2.45, 2.75) is 13.0 Å². The zero-order chi connectivity index (χ0) is 16.4. The molecule has 118 valence electrons. The fourth-order valence-corrected chi connectivity index (χ4v) is 2.55. The van der Waals surface area contributed by atoms with Gasteiger partial charge < -0.3 is 10.1 Å². The van der Waals surface area contributed by atoms with E-state index in [2.05, 4.69) is 22.0 Å². The summed E-state index contributed by atoms with van der Waals surface area (Å²) in [7, 11) is 0. The quantitative estimate of drug-likeness (QED) is 0.693. The summed E-state index contributed by atoms with van der Waals surface area (Å²) >= 11 is 0. The van der Waals surface area contributed by atoms with Crippen molar-refractivity contribution in [3.63, 3.8) is 0 Å². The molecular weight excluding hydrogens is 299 g/mol. The monoisotopic (exact) mass is 314 g/mol. The van der Waals surface area contributed by atoms with Gasteiger partial charge in [0.25, 0.3) is 0 Å². The van der Waals surface area contributed by atoms with Crippen molar-refractivity contribution in [1.82, 2.24) is 14.8 Å². The maximum atomic E-state index is 13.6. The van der Waals surface area contributed by atoms with E-state index in [0.29, 0.717) is 22.8 Å². The minimum atomic E-state index is -0.609. The Morgan fingerprint density at radius 2 is 2.39 bits per heavy atom. The van der Waals surface area contributed by atoms with Crippen LogP contribution in [0.3, 0.4) is 0 Å². The molecule has 0 spiro atoms. The van der Waals surface area contributed by atoms with Crippen molar-refractivity contribution in [3.8, 4) is 0 Å². The van der Waals surface area contributed by atoms with Gasteiger partial charge in [-0.05, 0) is 24.6 Å². The molecule has 1 aliphatic heterocycles. The average Bonchev–Trinajstić information content (AvgIpc) is 2.99. The molecule has 0 aliphatic carbocycles. The number of hydrogen-bond acceptors (Lipinski definition) is 5. The average molecular weight is 314 g/mol. The molecule has 0 bridgehead atoms. The van der Waals surface area contributed by atoms with Crippen molar-refractivity contribution in [2.24, 2.45) is 0 Å².